The summed E-state index contributed by atoms with van der Waals surface area (Å²) in [5, 5.41) is 2.59. The van der Waals surface area contributed by atoms with Crippen molar-refractivity contribution in [3.05, 3.63) is 35.4 Å². The van der Waals surface area contributed by atoms with Crippen LogP contribution in [-0.4, -0.2) is 13.2 Å². The fourth-order valence-corrected chi connectivity index (χ4v) is 4.46. The van der Waals surface area contributed by atoms with Crippen LogP contribution in [-0.2, 0) is 0 Å². The molecule has 0 amide bonds. The van der Waals surface area contributed by atoms with Gasteiger partial charge in [-0.1, -0.05) is 25.7 Å². The van der Waals surface area contributed by atoms with Crippen molar-refractivity contribution in [3.8, 4) is 23.3 Å². The van der Waals surface area contributed by atoms with Crippen LogP contribution in [0, 0.1) is 25.7 Å². The van der Waals surface area contributed by atoms with Crippen LogP contribution in [0.1, 0.15) is 44.2 Å². The standard InChI is InChI=1S/C23H26O2S/c1-5-7-9-15-25-21-13-11-19-18-10-12-20(24-14-8-6-2)16(3)22(18)26-23(19)17(21)4/h10-13H,5,7,9,14-15H2,1-4H3. The monoisotopic (exact) mass is 366 g/mol. The highest BCUT2D eigenvalue weighted by Crippen LogP contribution is 2.42. The molecule has 0 saturated heterocycles. The number of ether oxygens (including phenoxy) is 2. The molecule has 0 bridgehead atoms. The molecule has 0 unspecified atom stereocenters. The zero-order valence-electron chi connectivity index (χ0n) is 16.1. The summed E-state index contributed by atoms with van der Waals surface area (Å²) in [6.45, 7) is 9.56. The van der Waals surface area contributed by atoms with Crippen LogP contribution in [0.15, 0.2) is 24.3 Å². The number of rotatable bonds is 7. The molecule has 3 aromatic rings. The molecule has 136 valence electrons. The lowest BCUT2D eigenvalue weighted by Gasteiger charge is -2.09. The first kappa shape index (κ1) is 18.6. The molecular weight excluding hydrogens is 340 g/mol. The van der Waals surface area contributed by atoms with Crippen molar-refractivity contribution in [1.29, 1.82) is 0 Å². The Balaban J connectivity index is 1.96. The van der Waals surface area contributed by atoms with E-state index in [4.69, 9.17) is 9.47 Å². The van der Waals surface area contributed by atoms with Crippen molar-refractivity contribution in [3.63, 3.8) is 0 Å². The zero-order valence-corrected chi connectivity index (χ0v) is 16.9. The van der Waals surface area contributed by atoms with E-state index in [9.17, 15) is 0 Å². The van der Waals surface area contributed by atoms with Gasteiger partial charge in [0.2, 0.25) is 0 Å². The van der Waals surface area contributed by atoms with Crippen molar-refractivity contribution in [2.75, 3.05) is 13.2 Å². The van der Waals surface area contributed by atoms with Gasteiger partial charge in [0, 0.05) is 31.3 Å². The Morgan fingerprint density at radius 3 is 2.08 bits per heavy atom. The number of aryl methyl sites for hydroxylation is 2. The van der Waals surface area contributed by atoms with E-state index in [2.05, 4.69) is 56.9 Å². The summed E-state index contributed by atoms with van der Waals surface area (Å²) in [6.07, 6.45) is 3.54. The van der Waals surface area contributed by atoms with Gasteiger partial charge in [-0.25, -0.2) is 0 Å². The highest BCUT2D eigenvalue weighted by Gasteiger charge is 2.14. The Morgan fingerprint density at radius 2 is 1.50 bits per heavy atom. The number of benzene rings is 2. The molecule has 0 N–H and O–H groups in total. The van der Waals surface area contributed by atoms with Crippen LogP contribution in [0.4, 0.5) is 0 Å². The first-order valence-corrected chi connectivity index (χ1v) is 10.1. The predicted molar refractivity (Wildman–Crippen MR) is 113 cm³/mol. The summed E-state index contributed by atoms with van der Waals surface area (Å²) in [6, 6.07) is 8.54. The van der Waals surface area contributed by atoms with Crippen molar-refractivity contribution < 1.29 is 9.47 Å². The minimum absolute atomic E-state index is 0.433. The maximum Gasteiger partial charge on any atom is 0.149 e. The number of fused-ring (bicyclic) bond motifs is 3. The van der Waals surface area contributed by atoms with Gasteiger partial charge in [0.1, 0.15) is 18.1 Å². The highest BCUT2D eigenvalue weighted by atomic mass is 32.1. The Kier molecular flexibility index (Phi) is 6.06. The molecule has 0 spiro atoms. The molecule has 0 saturated carbocycles. The first-order valence-electron chi connectivity index (χ1n) is 9.28. The van der Waals surface area contributed by atoms with Crippen molar-refractivity contribution in [1.82, 2.24) is 0 Å². The van der Waals surface area contributed by atoms with E-state index >= 15 is 0 Å². The Bertz CT molecular complexity index is 973. The highest BCUT2D eigenvalue weighted by molar-refractivity contribution is 7.26. The number of unbranched alkanes of at least 4 members (excludes halogenated alkanes) is 2. The zero-order chi connectivity index (χ0) is 18.5. The summed E-state index contributed by atoms with van der Waals surface area (Å²) in [5.74, 6) is 7.75. The fraction of sp³-hybridized carbons (Fsp3) is 0.391. The largest absolute Gasteiger partial charge is 0.493 e. The average Bonchev–Trinajstić information content (AvgIpc) is 3.03. The van der Waals surface area contributed by atoms with Gasteiger partial charge in [-0.15, -0.1) is 17.3 Å². The summed E-state index contributed by atoms with van der Waals surface area (Å²) >= 11 is 1.83. The first-order chi connectivity index (χ1) is 12.7. The second-order valence-electron chi connectivity index (χ2n) is 6.50. The molecule has 2 nitrogen and oxygen atoms in total. The van der Waals surface area contributed by atoms with Crippen LogP contribution >= 0.6 is 11.3 Å². The minimum atomic E-state index is 0.433. The molecular formula is C23H26O2S. The van der Waals surface area contributed by atoms with E-state index in [0.717, 1.165) is 24.5 Å². The molecule has 2 aromatic carbocycles. The molecule has 0 atom stereocenters. The summed E-state index contributed by atoms with van der Waals surface area (Å²) in [4.78, 5) is 0. The van der Waals surface area contributed by atoms with E-state index in [-0.39, 0.29) is 0 Å². The van der Waals surface area contributed by atoms with Crippen molar-refractivity contribution in [2.45, 2.75) is 47.0 Å². The molecule has 0 fully saturated rings. The van der Waals surface area contributed by atoms with Gasteiger partial charge in [-0.05, 0) is 51.5 Å². The van der Waals surface area contributed by atoms with Gasteiger partial charge in [0.05, 0.1) is 6.61 Å². The van der Waals surface area contributed by atoms with Gasteiger partial charge in [-0.2, -0.15) is 0 Å². The van der Waals surface area contributed by atoms with Crippen LogP contribution in [0.3, 0.4) is 0 Å². The molecule has 3 heteroatoms. The smallest absolute Gasteiger partial charge is 0.149 e. The lowest BCUT2D eigenvalue weighted by atomic mass is 10.1. The predicted octanol–water partition coefficient (Wildman–Crippen LogP) is 6.64. The number of hydrogen-bond acceptors (Lipinski definition) is 3. The lowest BCUT2D eigenvalue weighted by molar-refractivity contribution is 0.305. The number of hydrogen-bond donors (Lipinski definition) is 0. The topological polar surface area (TPSA) is 18.5 Å². The van der Waals surface area contributed by atoms with Crippen molar-refractivity contribution >= 4 is 31.5 Å². The van der Waals surface area contributed by atoms with Gasteiger partial charge in [0.25, 0.3) is 0 Å². The number of thiophene rings is 1. The Labute approximate surface area is 160 Å². The van der Waals surface area contributed by atoms with Gasteiger partial charge in [0.15, 0.2) is 0 Å². The van der Waals surface area contributed by atoms with Crippen LogP contribution in [0.5, 0.6) is 11.5 Å². The quantitative estimate of drug-likeness (QED) is 0.344. The third-order valence-corrected chi connectivity index (χ3v) is 6.15. The maximum atomic E-state index is 6.03. The van der Waals surface area contributed by atoms with Gasteiger partial charge in [-0.3, -0.25) is 0 Å². The lowest BCUT2D eigenvalue weighted by Crippen LogP contribution is -1.98. The summed E-state index contributed by atoms with van der Waals surface area (Å²) in [7, 11) is 0. The average molecular weight is 367 g/mol. The second kappa shape index (κ2) is 8.47. The molecule has 0 aliphatic heterocycles. The second-order valence-corrected chi connectivity index (χ2v) is 7.52. The van der Waals surface area contributed by atoms with Gasteiger partial charge >= 0.3 is 0 Å². The van der Waals surface area contributed by atoms with E-state index in [1.807, 2.05) is 18.3 Å². The van der Waals surface area contributed by atoms with E-state index in [1.54, 1.807) is 0 Å². The molecule has 26 heavy (non-hydrogen) atoms. The summed E-state index contributed by atoms with van der Waals surface area (Å²) < 4.78 is 14.4. The van der Waals surface area contributed by atoms with Crippen LogP contribution in [0.2, 0.25) is 0 Å². The molecule has 3 rings (SSSR count). The Hall–Kier alpha value is -2.18. The molecule has 0 aliphatic carbocycles. The molecule has 1 aromatic heterocycles. The van der Waals surface area contributed by atoms with Gasteiger partial charge < -0.3 is 9.47 Å². The van der Waals surface area contributed by atoms with Crippen LogP contribution < -0.4 is 9.47 Å². The summed E-state index contributed by atoms with van der Waals surface area (Å²) in [5.41, 5.74) is 2.42. The normalized spacial score (nSPS) is 10.8. The molecule has 0 radical (unpaired) electrons. The fourth-order valence-electron chi connectivity index (χ4n) is 3.17. The van der Waals surface area contributed by atoms with E-state index < -0.39 is 0 Å². The van der Waals surface area contributed by atoms with E-state index in [1.165, 1.54) is 44.1 Å². The SMILES string of the molecule is CC#CCOc1ccc2c(sc3c(C)c(OCCCCC)ccc32)c1C. The third kappa shape index (κ3) is 3.66. The van der Waals surface area contributed by atoms with Crippen LogP contribution in [0.25, 0.3) is 20.2 Å². The molecule has 0 aliphatic rings. The van der Waals surface area contributed by atoms with Crippen molar-refractivity contribution in [2.24, 2.45) is 0 Å². The molecule has 1 heterocycles. The van der Waals surface area contributed by atoms with E-state index in [0.29, 0.717) is 6.61 Å². The third-order valence-electron chi connectivity index (χ3n) is 4.69. The Morgan fingerprint density at radius 1 is 0.885 bits per heavy atom. The minimum Gasteiger partial charge on any atom is -0.493 e. The maximum absolute atomic E-state index is 6.03.